The summed E-state index contributed by atoms with van der Waals surface area (Å²) in [5, 5.41) is 7.96. The number of nitrogens with zero attached hydrogens (tertiary/aromatic N) is 3. The number of hydrogen-bond donors (Lipinski definition) is 1. The Labute approximate surface area is 285 Å². The van der Waals surface area contributed by atoms with Crippen LogP contribution in [0.5, 0.6) is 0 Å². The van der Waals surface area contributed by atoms with Gasteiger partial charge >= 0.3 is 37.3 Å². The minimum Gasteiger partial charge on any atom is -0.459 e. The molecule has 2 heterocycles. The van der Waals surface area contributed by atoms with Crippen molar-refractivity contribution in [2.75, 3.05) is 19.6 Å². The Balaban J connectivity index is 0.00000600. The largest absolute Gasteiger partial charge is 1.00 e. The van der Waals surface area contributed by atoms with Crippen molar-refractivity contribution in [2.45, 2.75) is 76.4 Å². The molecule has 1 aliphatic heterocycles. The van der Waals surface area contributed by atoms with E-state index < -0.39 is 53.5 Å². The van der Waals surface area contributed by atoms with Crippen LogP contribution in [0.1, 0.15) is 79.8 Å². The minimum absolute atomic E-state index is 0. The monoisotopic (exact) mass is 676 g/mol. The number of halogens is 6. The molecule has 7 nitrogen and oxygen atoms in total. The summed E-state index contributed by atoms with van der Waals surface area (Å²) in [7, 11) is 0. The first-order valence-corrected chi connectivity index (χ1v) is 15.6. The number of carbonyl (C=O) groups is 2. The SMILES string of the molecule is CC(C)(C)OC(=O)[N-]c1nc(C(CCN2CCC(c3ccccc3)CC2)C(=O)NCc2cc(C(F)(F)F)cc(C(F)(F)F)c2)cs1.[Li+]. The molecule has 1 saturated heterocycles. The molecular weight excluding hydrogens is 641 g/mol. The van der Waals surface area contributed by atoms with Crippen LogP contribution in [0.15, 0.2) is 53.9 Å². The van der Waals surface area contributed by atoms with Crippen molar-refractivity contribution < 1.29 is 59.5 Å². The van der Waals surface area contributed by atoms with Crippen molar-refractivity contribution in [1.29, 1.82) is 0 Å². The fourth-order valence-corrected chi connectivity index (χ4v) is 5.95. The van der Waals surface area contributed by atoms with Crippen LogP contribution in [-0.4, -0.2) is 47.1 Å². The number of nitrogens with one attached hydrogen (secondary N) is 1. The quantitative estimate of drug-likeness (QED) is 0.229. The molecule has 2 amide bonds. The molecule has 1 aromatic heterocycles. The predicted octanol–water partition coefficient (Wildman–Crippen LogP) is 5.79. The number of amides is 2. The molecule has 0 spiro atoms. The molecule has 15 heteroatoms. The number of aromatic nitrogens is 1. The molecule has 3 aromatic rings. The summed E-state index contributed by atoms with van der Waals surface area (Å²) >= 11 is 1.01. The van der Waals surface area contributed by atoms with Gasteiger partial charge in [-0.1, -0.05) is 30.3 Å². The van der Waals surface area contributed by atoms with Crippen LogP contribution in [0.25, 0.3) is 5.32 Å². The molecule has 1 N–H and O–H groups in total. The van der Waals surface area contributed by atoms with Gasteiger partial charge in [-0.3, -0.25) is 9.59 Å². The van der Waals surface area contributed by atoms with Crippen molar-refractivity contribution >= 4 is 28.5 Å². The maximum absolute atomic E-state index is 13.5. The Morgan fingerprint density at radius 2 is 1.60 bits per heavy atom. The number of rotatable bonds is 9. The van der Waals surface area contributed by atoms with Gasteiger partial charge < -0.3 is 25.3 Å². The summed E-state index contributed by atoms with van der Waals surface area (Å²) in [6.45, 7) is 6.54. The van der Waals surface area contributed by atoms with Gasteiger partial charge in [0.2, 0.25) is 5.91 Å². The summed E-state index contributed by atoms with van der Waals surface area (Å²) in [5.74, 6) is -1.11. The van der Waals surface area contributed by atoms with Gasteiger partial charge in [0, 0.05) is 11.7 Å². The van der Waals surface area contributed by atoms with Crippen molar-refractivity contribution in [2.24, 2.45) is 0 Å². The van der Waals surface area contributed by atoms with Gasteiger partial charge in [-0.05, 0) is 106 Å². The molecular formula is C32H35F6LiN4O3S. The zero-order valence-corrected chi connectivity index (χ0v) is 27.4. The van der Waals surface area contributed by atoms with Gasteiger partial charge in [-0.25, -0.2) is 0 Å². The molecule has 1 unspecified atom stereocenters. The summed E-state index contributed by atoms with van der Waals surface area (Å²) in [6.07, 6.45) is -8.76. The van der Waals surface area contributed by atoms with E-state index in [1.165, 1.54) is 5.56 Å². The van der Waals surface area contributed by atoms with Crippen molar-refractivity contribution in [3.63, 3.8) is 0 Å². The van der Waals surface area contributed by atoms with E-state index in [1.807, 2.05) is 18.2 Å². The van der Waals surface area contributed by atoms with Gasteiger partial charge in [0.05, 0.1) is 17.0 Å². The number of piperidine rings is 1. The van der Waals surface area contributed by atoms with Gasteiger partial charge in [0.15, 0.2) is 0 Å². The first kappa shape index (κ1) is 38.4. The maximum Gasteiger partial charge on any atom is 1.00 e. The van der Waals surface area contributed by atoms with Crippen molar-refractivity contribution in [1.82, 2.24) is 15.2 Å². The van der Waals surface area contributed by atoms with Crippen LogP contribution in [0.3, 0.4) is 0 Å². The number of carbonyl (C=O) groups excluding carboxylic acids is 2. The van der Waals surface area contributed by atoms with E-state index in [2.05, 4.69) is 32.7 Å². The summed E-state index contributed by atoms with van der Waals surface area (Å²) in [5.41, 5.74) is -2.51. The zero-order chi connectivity index (χ0) is 33.7. The van der Waals surface area contributed by atoms with Gasteiger partial charge in [-0.15, -0.1) is 0 Å². The standard InChI is InChI=1S/C32H36F6N4O3S.Li/c1-30(2,3)45-29(44)41-28-40-26(19-46-28)25(11-14-42-12-9-22(10-13-42)21-7-5-4-6-8-21)27(43)39-18-20-15-23(31(33,34)35)17-24(16-20)32(36,37)38;/h4-8,15-17,19,22,25H,9-14,18H2,1-3H3,(H2,39,40,41,43,44);/q;+1/p-1. The van der Waals surface area contributed by atoms with E-state index in [-0.39, 0.29) is 47.7 Å². The fraction of sp³-hybridized carbons (Fsp3) is 0.469. The van der Waals surface area contributed by atoms with Gasteiger partial charge in [0.25, 0.3) is 0 Å². The Hall–Kier alpha value is -3.05. The molecule has 47 heavy (non-hydrogen) atoms. The second-order valence-electron chi connectivity index (χ2n) is 12.1. The van der Waals surface area contributed by atoms with Crippen LogP contribution in [0, 0.1) is 0 Å². The Morgan fingerprint density at radius 3 is 2.15 bits per heavy atom. The molecule has 1 fully saturated rings. The second kappa shape index (κ2) is 15.9. The number of thiazole rings is 1. The third kappa shape index (κ3) is 11.6. The molecule has 0 radical (unpaired) electrons. The molecule has 0 aliphatic carbocycles. The number of ether oxygens (including phenoxy) is 1. The maximum atomic E-state index is 13.5. The van der Waals surface area contributed by atoms with E-state index in [4.69, 9.17) is 4.74 Å². The number of benzene rings is 2. The summed E-state index contributed by atoms with van der Waals surface area (Å²) < 4.78 is 85.3. The van der Waals surface area contributed by atoms with E-state index >= 15 is 0 Å². The summed E-state index contributed by atoms with van der Waals surface area (Å²) in [4.78, 5) is 32.2. The van der Waals surface area contributed by atoms with E-state index in [0.29, 0.717) is 24.6 Å². The molecule has 4 rings (SSSR count). The predicted molar refractivity (Wildman–Crippen MR) is 162 cm³/mol. The normalized spacial score (nSPS) is 15.4. The number of hydrogen-bond acceptors (Lipinski definition) is 6. The summed E-state index contributed by atoms with van der Waals surface area (Å²) in [6, 6.07) is 11.4. The fourth-order valence-electron chi connectivity index (χ4n) is 5.22. The smallest absolute Gasteiger partial charge is 0.459 e. The zero-order valence-electron chi connectivity index (χ0n) is 26.5. The third-order valence-electron chi connectivity index (χ3n) is 7.47. The third-order valence-corrected chi connectivity index (χ3v) is 8.22. The molecule has 1 aliphatic rings. The Kier molecular flexibility index (Phi) is 13.0. The van der Waals surface area contributed by atoms with Gasteiger partial charge in [0.1, 0.15) is 5.60 Å². The van der Waals surface area contributed by atoms with Crippen molar-refractivity contribution in [3.05, 3.63) is 87.2 Å². The minimum atomic E-state index is -5.01. The first-order chi connectivity index (χ1) is 21.5. The molecule has 1 atom stereocenters. The van der Waals surface area contributed by atoms with Crippen LogP contribution in [-0.2, 0) is 28.4 Å². The molecule has 0 bridgehead atoms. The number of likely N-dealkylation sites (tertiary alicyclic amines) is 1. The van der Waals surface area contributed by atoms with Crippen LogP contribution in [0.2, 0.25) is 0 Å². The van der Waals surface area contributed by atoms with Crippen LogP contribution < -0.4 is 24.2 Å². The van der Waals surface area contributed by atoms with Crippen LogP contribution in [0.4, 0.5) is 36.3 Å². The molecule has 2 aromatic carbocycles. The van der Waals surface area contributed by atoms with E-state index in [0.717, 1.165) is 37.3 Å². The Bertz CT molecular complexity index is 1450. The van der Waals surface area contributed by atoms with Crippen LogP contribution >= 0.6 is 11.3 Å². The Morgan fingerprint density at radius 1 is 1.00 bits per heavy atom. The molecule has 250 valence electrons. The average molecular weight is 677 g/mol. The first-order valence-electron chi connectivity index (χ1n) is 14.7. The topological polar surface area (TPSA) is 85.6 Å². The van der Waals surface area contributed by atoms with E-state index in [9.17, 15) is 35.9 Å². The average Bonchev–Trinajstić information content (AvgIpc) is 3.42. The number of alkyl halides is 6. The van der Waals surface area contributed by atoms with Crippen molar-refractivity contribution in [3.8, 4) is 0 Å². The molecule has 0 saturated carbocycles. The second-order valence-corrected chi connectivity index (χ2v) is 13.0. The van der Waals surface area contributed by atoms with E-state index in [1.54, 1.807) is 26.2 Å². The van der Waals surface area contributed by atoms with Gasteiger partial charge in [-0.2, -0.15) is 37.7 Å².